The lowest BCUT2D eigenvalue weighted by Crippen LogP contribution is -2.36. The predicted molar refractivity (Wildman–Crippen MR) is 97.4 cm³/mol. The van der Waals surface area contributed by atoms with E-state index in [1.807, 2.05) is 17.8 Å². The van der Waals surface area contributed by atoms with Crippen molar-refractivity contribution in [2.75, 3.05) is 24.6 Å². The summed E-state index contributed by atoms with van der Waals surface area (Å²) in [5.74, 6) is 1.14. The van der Waals surface area contributed by atoms with Gasteiger partial charge in [-0.2, -0.15) is 0 Å². The Hall–Kier alpha value is -2.61. The van der Waals surface area contributed by atoms with Crippen LogP contribution in [0.5, 0.6) is 5.75 Å². The van der Waals surface area contributed by atoms with Crippen LogP contribution in [-0.4, -0.2) is 39.3 Å². The molecule has 26 heavy (non-hydrogen) atoms. The summed E-state index contributed by atoms with van der Waals surface area (Å²) in [6, 6.07) is 4.99. The molecule has 0 spiro atoms. The van der Waals surface area contributed by atoms with Gasteiger partial charge >= 0.3 is 5.69 Å². The van der Waals surface area contributed by atoms with Gasteiger partial charge in [0.2, 0.25) is 0 Å². The van der Waals surface area contributed by atoms with Crippen LogP contribution in [0.1, 0.15) is 31.7 Å². The van der Waals surface area contributed by atoms with Gasteiger partial charge in [-0.25, -0.2) is 4.98 Å². The molecule has 0 radical (unpaired) electrons. The van der Waals surface area contributed by atoms with Crippen LogP contribution in [0.2, 0.25) is 0 Å². The number of nitrogens with zero attached hydrogens (tertiary/aromatic N) is 4. The number of nitro groups is 1. The molecule has 1 aromatic heterocycles. The zero-order valence-electron chi connectivity index (χ0n) is 15.0. The number of hydrogen-bond donors (Lipinski definition) is 1. The third-order valence-electron chi connectivity index (χ3n) is 4.91. The van der Waals surface area contributed by atoms with Crippen molar-refractivity contribution in [1.29, 1.82) is 0 Å². The van der Waals surface area contributed by atoms with Gasteiger partial charge in [0.15, 0.2) is 5.75 Å². The third kappa shape index (κ3) is 3.65. The maximum atomic E-state index is 11.1. The molecule has 0 aliphatic carbocycles. The quantitative estimate of drug-likeness (QED) is 0.629. The van der Waals surface area contributed by atoms with Crippen LogP contribution in [0.25, 0.3) is 0 Å². The summed E-state index contributed by atoms with van der Waals surface area (Å²) < 4.78 is 7.28. The number of rotatable bonds is 6. The number of piperidine rings is 1. The van der Waals surface area contributed by atoms with Gasteiger partial charge in [-0.3, -0.25) is 10.1 Å². The highest BCUT2D eigenvalue weighted by molar-refractivity contribution is 5.59. The first-order chi connectivity index (χ1) is 12.5. The van der Waals surface area contributed by atoms with Gasteiger partial charge in [0.1, 0.15) is 11.9 Å². The molecular weight excluding hydrogens is 336 g/mol. The molecule has 8 nitrogen and oxygen atoms in total. The van der Waals surface area contributed by atoms with Crippen molar-refractivity contribution < 1.29 is 14.8 Å². The number of aryl methyl sites for hydroxylation is 1. The highest BCUT2D eigenvalue weighted by atomic mass is 16.6. The molecule has 1 unspecified atom stereocenters. The van der Waals surface area contributed by atoms with E-state index in [0.717, 1.165) is 31.6 Å². The number of nitro benzene ring substituents is 1. The Bertz CT molecular complexity index is 768. The third-order valence-corrected chi connectivity index (χ3v) is 4.91. The van der Waals surface area contributed by atoms with Crippen LogP contribution < -0.4 is 9.64 Å². The number of aliphatic hydroxyl groups excluding tert-OH is 1. The van der Waals surface area contributed by atoms with Gasteiger partial charge in [-0.1, -0.05) is 0 Å². The molecule has 1 aromatic carbocycles. The second-order valence-corrected chi connectivity index (χ2v) is 6.51. The molecule has 1 aliphatic rings. The van der Waals surface area contributed by atoms with Crippen molar-refractivity contribution in [3.05, 3.63) is 46.5 Å². The van der Waals surface area contributed by atoms with E-state index in [1.165, 1.54) is 6.07 Å². The molecule has 2 heterocycles. The van der Waals surface area contributed by atoms with Crippen molar-refractivity contribution >= 4 is 11.4 Å². The Morgan fingerprint density at radius 2 is 2.15 bits per heavy atom. The summed E-state index contributed by atoms with van der Waals surface area (Å²) in [6.45, 7) is 3.73. The minimum absolute atomic E-state index is 0.0179. The van der Waals surface area contributed by atoms with Crippen LogP contribution in [0.15, 0.2) is 30.6 Å². The number of imidazole rings is 1. The zero-order valence-corrected chi connectivity index (χ0v) is 15.0. The van der Waals surface area contributed by atoms with E-state index in [-0.39, 0.29) is 11.6 Å². The Kier molecular flexibility index (Phi) is 5.41. The Morgan fingerprint density at radius 3 is 2.73 bits per heavy atom. The first-order valence-electron chi connectivity index (χ1n) is 8.82. The predicted octanol–water partition coefficient (Wildman–Crippen LogP) is 2.68. The van der Waals surface area contributed by atoms with E-state index >= 15 is 0 Å². The van der Waals surface area contributed by atoms with Crippen molar-refractivity contribution in [3.8, 4) is 5.75 Å². The van der Waals surface area contributed by atoms with Gasteiger partial charge in [0.05, 0.1) is 11.5 Å². The molecule has 1 atom stereocenters. The van der Waals surface area contributed by atoms with Crippen molar-refractivity contribution in [2.24, 2.45) is 13.0 Å². The largest absolute Gasteiger partial charge is 0.487 e. The topological polar surface area (TPSA) is 93.7 Å². The van der Waals surface area contributed by atoms with Crippen LogP contribution >= 0.6 is 0 Å². The van der Waals surface area contributed by atoms with Gasteiger partial charge in [0, 0.05) is 50.4 Å². The smallest absolute Gasteiger partial charge is 0.311 e. The van der Waals surface area contributed by atoms with Crippen LogP contribution in [0.3, 0.4) is 0 Å². The van der Waals surface area contributed by atoms with Gasteiger partial charge in [0.25, 0.3) is 0 Å². The van der Waals surface area contributed by atoms with Crippen LogP contribution in [0, 0.1) is 16.0 Å². The molecule has 1 N–H and O–H groups in total. The van der Waals surface area contributed by atoms with Crippen molar-refractivity contribution in [3.63, 3.8) is 0 Å². The van der Waals surface area contributed by atoms with E-state index in [0.29, 0.717) is 18.2 Å². The highest BCUT2D eigenvalue weighted by Crippen LogP contribution is 2.35. The molecule has 1 saturated heterocycles. The normalized spacial score (nSPS) is 16.5. The number of anilines is 1. The lowest BCUT2D eigenvalue weighted by atomic mass is 9.90. The summed E-state index contributed by atoms with van der Waals surface area (Å²) >= 11 is 0. The number of aliphatic hydroxyl groups is 1. The van der Waals surface area contributed by atoms with E-state index in [9.17, 15) is 15.2 Å². The number of hydrogen-bond acceptors (Lipinski definition) is 6. The molecule has 3 rings (SSSR count). The summed E-state index contributed by atoms with van der Waals surface area (Å²) in [4.78, 5) is 17.1. The molecule has 0 amide bonds. The van der Waals surface area contributed by atoms with Crippen molar-refractivity contribution in [1.82, 2.24) is 9.55 Å². The molecule has 0 bridgehead atoms. The second-order valence-electron chi connectivity index (χ2n) is 6.51. The maximum Gasteiger partial charge on any atom is 0.311 e. The summed E-state index contributed by atoms with van der Waals surface area (Å²) in [5, 5.41) is 21.7. The lowest BCUT2D eigenvalue weighted by Gasteiger charge is -2.35. The van der Waals surface area contributed by atoms with E-state index in [4.69, 9.17) is 4.74 Å². The van der Waals surface area contributed by atoms with E-state index in [2.05, 4.69) is 9.88 Å². The number of ether oxygens (including phenoxy) is 1. The molecule has 0 saturated carbocycles. The summed E-state index contributed by atoms with van der Waals surface area (Å²) in [5.41, 5.74) is 0.889. The maximum absolute atomic E-state index is 11.1. The monoisotopic (exact) mass is 360 g/mol. The lowest BCUT2D eigenvalue weighted by molar-refractivity contribution is -0.385. The Morgan fingerprint density at radius 1 is 1.42 bits per heavy atom. The minimum Gasteiger partial charge on any atom is -0.487 e. The molecular formula is C18H24N4O4. The fourth-order valence-corrected chi connectivity index (χ4v) is 3.47. The van der Waals surface area contributed by atoms with Gasteiger partial charge in [-0.15, -0.1) is 0 Å². The van der Waals surface area contributed by atoms with Gasteiger partial charge < -0.3 is 19.3 Å². The number of aromatic nitrogens is 2. The second kappa shape index (κ2) is 7.74. The van der Waals surface area contributed by atoms with E-state index in [1.54, 1.807) is 25.3 Å². The average molecular weight is 360 g/mol. The minimum atomic E-state index is -0.576. The zero-order chi connectivity index (χ0) is 18.7. The SMILES string of the molecule is CCOc1cc(N2CCC(C(O)c3nccn3C)CC2)ccc1[N+](=O)[O-]. The Labute approximate surface area is 152 Å². The first kappa shape index (κ1) is 18.2. The molecule has 8 heteroatoms. The highest BCUT2D eigenvalue weighted by Gasteiger charge is 2.29. The summed E-state index contributed by atoms with van der Waals surface area (Å²) in [6.07, 6.45) is 4.61. The molecule has 2 aromatic rings. The molecule has 1 aliphatic heterocycles. The van der Waals surface area contributed by atoms with Crippen LogP contribution in [0.4, 0.5) is 11.4 Å². The molecule has 1 fully saturated rings. The first-order valence-corrected chi connectivity index (χ1v) is 8.82. The van der Waals surface area contributed by atoms with Gasteiger partial charge in [-0.05, 0) is 31.7 Å². The Balaban J connectivity index is 1.69. The standard InChI is InChI=1S/C18H24N4O4/c1-3-26-16-12-14(4-5-15(16)22(24)25)21-9-6-13(7-10-21)17(23)18-19-8-11-20(18)2/h4-5,8,11-13,17,23H,3,6-7,9-10H2,1-2H3. The average Bonchev–Trinajstić information content (AvgIpc) is 3.07. The van der Waals surface area contributed by atoms with Crippen LogP contribution in [-0.2, 0) is 7.05 Å². The number of benzene rings is 1. The fraction of sp³-hybridized carbons (Fsp3) is 0.500. The van der Waals surface area contributed by atoms with Crippen molar-refractivity contribution in [2.45, 2.75) is 25.9 Å². The fourth-order valence-electron chi connectivity index (χ4n) is 3.47. The van der Waals surface area contributed by atoms with E-state index < -0.39 is 11.0 Å². The summed E-state index contributed by atoms with van der Waals surface area (Å²) in [7, 11) is 1.88. The molecule has 140 valence electrons.